The topological polar surface area (TPSA) is 12.0 Å². The molecule has 1 nitrogen and oxygen atoms in total. The second-order valence-corrected chi connectivity index (χ2v) is 3.99. The van der Waals surface area contributed by atoms with Crippen LogP contribution in [0.4, 0.5) is 0 Å². The Labute approximate surface area is 78.8 Å². The molecule has 0 saturated carbocycles. The molecule has 1 atom stereocenters. The molecule has 0 amide bonds. The van der Waals surface area contributed by atoms with Crippen molar-refractivity contribution in [2.75, 3.05) is 6.54 Å². The Morgan fingerprint density at radius 2 is 2.09 bits per heavy atom. The number of nitrogens with one attached hydrogen (secondary N) is 1. The molecule has 1 unspecified atom stereocenters. The van der Waals surface area contributed by atoms with E-state index in [-0.39, 0.29) is 10.9 Å². The average molecular weight is 196 g/mol. The highest BCUT2D eigenvalue weighted by Gasteiger charge is 2.21. The van der Waals surface area contributed by atoms with Crippen molar-refractivity contribution in [2.45, 2.75) is 31.7 Å². The first-order valence-electron chi connectivity index (χ1n) is 3.65. The lowest BCUT2D eigenvalue weighted by molar-refractivity contribution is 0.401. The molecular formula is C8H15Cl2N. The van der Waals surface area contributed by atoms with Crippen LogP contribution in [0.3, 0.4) is 0 Å². The van der Waals surface area contributed by atoms with E-state index in [0.29, 0.717) is 0 Å². The summed E-state index contributed by atoms with van der Waals surface area (Å²) in [5.41, 5.74) is 1.46. The monoisotopic (exact) mass is 195 g/mol. The summed E-state index contributed by atoms with van der Waals surface area (Å²) in [5, 5.41) is 3.36. The first-order chi connectivity index (χ1) is 5.00. The Kier molecular flexibility index (Phi) is 5.15. The van der Waals surface area contributed by atoms with Crippen molar-refractivity contribution in [3.8, 4) is 0 Å². The van der Waals surface area contributed by atoms with E-state index in [9.17, 15) is 0 Å². The van der Waals surface area contributed by atoms with Crippen LogP contribution in [0.2, 0.25) is 0 Å². The zero-order chi connectivity index (χ0) is 8.91. The Morgan fingerprint density at radius 3 is 2.45 bits per heavy atom. The molecule has 0 saturated heterocycles. The maximum atomic E-state index is 5.93. The molecule has 0 rings (SSSR count). The summed E-state index contributed by atoms with van der Waals surface area (Å²) >= 11 is 11.3. The zero-order valence-electron chi connectivity index (χ0n) is 7.20. The Hall–Kier alpha value is 0.280. The maximum Gasteiger partial charge on any atom is 0.0484 e. The van der Waals surface area contributed by atoms with E-state index in [1.807, 2.05) is 13.0 Å². The molecule has 0 heterocycles. The molecule has 66 valence electrons. The Bertz CT molecular complexity index is 130. The molecule has 0 aromatic carbocycles. The van der Waals surface area contributed by atoms with Gasteiger partial charge in [-0.3, -0.25) is 0 Å². The van der Waals surface area contributed by atoms with Gasteiger partial charge in [-0.25, -0.2) is 0 Å². The van der Waals surface area contributed by atoms with Gasteiger partial charge >= 0.3 is 0 Å². The Balaban J connectivity index is 3.73. The Morgan fingerprint density at radius 1 is 1.55 bits per heavy atom. The largest absolute Gasteiger partial charge is 0.307 e. The minimum Gasteiger partial charge on any atom is -0.307 e. The van der Waals surface area contributed by atoms with Gasteiger partial charge < -0.3 is 5.32 Å². The zero-order valence-corrected chi connectivity index (χ0v) is 8.71. The summed E-state index contributed by atoms with van der Waals surface area (Å²) in [6.45, 7) is 6.85. The van der Waals surface area contributed by atoms with E-state index in [1.165, 1.54) is 5.54 Å². The van der Waals surface area contributed by atoms with Crippen LogP contribution in [0.25, 0.3) is 0 Å². The van der Waals surface area contributed by atoms with Crippen LogP contribution in [0.5, 0.6) is 0 Å². The molecule has 0 aliphatic heterocycles. The van der Waals surface area contributed by atoms with Gasteiger partial charge in [-0.05, 0) is 20.8 Å². The predicted octanol–water partition coefficient (Wildman–Crippen LogP) is 2.73. The molecule has 0 aliphatic carbocycles. The van der Waals surface area contributed by atoms with E-state index in [2.05, 4.69) is 19.2 Å². The maximum absolute atomic E-state index is 5.93. The van der Waals surface area contributed by atoms with Crippen molar-refractivity contribution in [2.24, 2.45) is 0 Å². The van der Waals surface area contributed by atoms with Gasteiger partial charge in [0.1, 0.15) is 0 Å². The third-order valence-electron chi connectivity index (χ3n) is 1.76. The van der Waals surface area contributed by atoms with E-state index in [4.69, 9.17) is 23.2 Å². The van der Waals surface area contributed by atoms with Gasteiger partial charge in [0.25, 0.3) is 0 Å². The van der Waals surface area contributed by atoms with Crippen molar-refractivity contribution >= 4 is 23.2 Å². The fraction of sp³-hybridized carbons (Fsp3) is 0.750. The third-order valence-corrected chi connectivity index (χ3v) is 2.48. The van der Waals surface area contributed by atoms with Crippen LogP contribution in [0.1, 0.15) is 20.8 Å². The predicted molar refractivity (Wildman–Crippen MR) is 52.4 cm³/mol. The van der Waals surface area contributed by atoms with Crippen LogP contribution >= 0.6 is 23.2 Å². The molecule has 1 N–H and O–H groups in total. The number of rotatable bonds is 4. The highest BCUT2D eigenvalue weighted by Crippen LogP contribution is 2.13. The highest BCUT2D eigenvalue weighted by atomic mass is 35.5. The van der Waals surface area contributed by atoms with Crippen LogP contribution in [-0.4, -0.2) is 17.5 Å². The molecule has 0 fully saturated rings. The number of hydrogen-bond acceptors (Lipinski definition) is 1. The number of halogens is 2. The normalized spacial score (nSPS) is 15.7. The summed E-state index contributed by atoms with van der Waals surface area (Å²) in [4.78, 5) is 0. The first kappa shape index (κ1) is 11.3. The van der Waals surface area contributed by atoms with E-state index >= 15 is 0 Å². The summed E-state index contributed by atoms with van der Waals surface area (Å²) < 4.78 is 0. The molecule has 0 radical (unpaired) electrons. The average Bonchev–Trinajstić information content (AvgIpc) is 1.88. The van der Waals surface area contributed by atoms with Crippen LogP contribution in [0.15, 0.2) is 11.6 Å². The van der Waals surface area contributed by atoms with Gasteiger partial charge in [0, 0.05) is 23.0 Å². The summed E-state index contributed by atoms with van der Waals surface area (Å²) in [7, 11) is 0. The molecule has 0 aromatic rings. The van der Waals surface area contributed by atoms with Crippen molar-refractivity contribution in [3.63, 3.8) is 0 Å². The van der Waals surface area contributed by atoms with Crippen LogP contribution in [-0.2, 0) is 0 Å². The van der Waals surface area contributed by atoms with Crippen molar-refractivity contribution in [3.05, 3.63) is 11.6 Å². The molecule has 3 heteroatoms. The van der Waals surface area contributed by atoms with Crippen LogP contribution < -0.4 is 5.32 Å². The second kappa shape index (κ2) is 5.02. The van der Waals surface area contributed by atoms with Crippen molar-refractivity contribution in [1.29, 1.82) is 0 Å². The van der Waals surface area contributed by atoms with Gasteiger partial charge in [-0.15, -0.1) is 11.6 Å². The SMILES string of the molecule is CC(Cl)C(C)(C)NC/C=C/Cl. The molecule has 0 aromatic heterocycles. The van der Waals surface area contributed by atoms with Gasteiger partial charge in [-0.1, -0.05) is 17.7 Å². The number of hydrogen-bond donors (Lipinski definition) is 1. The lowest BCUT2D eigenvalue weighted by Gasteiger charge is -2.28. The smallest absolute Gasteiger partial charge is 0.0484 e. The lowest BCUT2D eigenvalue weighted by atomic mass is 10.0. The number of alkyl halides is 1. The fourth-order valence-electron chi connectivity index (χ4n) is 0.507. The van der Waals surface area contributed by atoms with Gasteiger partial charge in [-0.2, -0.15) is 0 Å². The quantitative estimate of drug-likeness (QED) is 0.681. The van der Waals surface area contributed by atoms with Gasteiger partial charge in [0.15, 0.2) is 0 Å². The highest BCUT2D eigenvalue weighted by molar-refractivity contribution is 6.25. The standard InChI is InChI=1S/C8H15Cl2N/c1-7(10)8(2,3)11-6-4-5-9/h4-5,7,11H,6H2,1-3H3/b5-4+. The van der Waals surface area contributed by atoms with E-state index < -0.39 is 0 Å². The molecule has 0 aliphatic rings. The molecule has 0 spiro atoms. The molecule has 0 bridgehead atoms. The molecule has 11 heavy (non-hydrogen) atoms. The first-order valence-corrected chi connectivity index (χ1v) is 4.52. The summed E-state index contributed by atoms with van der Waals surface area (Å²) in [6, 6.07) is 0. The van der Waals surface area contributed by atoms with Gasteiger partial charge in [0.05, 0.1) is 0 Å². The van der Waals surface area contributed by atoms with E-state index in [1.54, 1.807) is 0 Å². The minimum atomic E-state index is -0.0437. The lowest BCUT2D eigenvalue weighted by Crippen LogP contribution is -2.45. The van der Waals surface area contributed by atoms with Crippen LogP contribution in [0, 0.1) is 0 Å². The summed E-state index contributed by atoms with van der Waals surface area (Å²) in [5.74, 6) is 0. The summed E-state index contributed by atoms with van der Waals surface area (Å²) in [6.07, 6.45) is 1.85. The van der Waals surface area contributed by atoms with Crippen molar-refractivity contribution < 1.29 is 0 Å². The van der Waals surface area contributed by atoms with Crippen molar-refractivity contribution in [1.82, 2.24) is 5.32 Å². The second-order valence-electron chi connectivity index (χ2n) is 3.08. The van der Waals surface area contributed by atoms with E-state index in [0.717, 1.165) is 6.54 Å². The minimum absolute atomic E-state index is 0.0437. The molecular weight excluding hydrogens is 181 g/mol. The van der Waals surface area contributed by atoms with Gasteiger partial charge in [0.2, 0.25) is 0 Å². The third kappa shape index (κ3) is 4.67. The fourth-order valence-corrected chi connectivity index (χ4v) is 0.673.